The first-order valence-electron chi connectivity index (χ1n) is 10.2. The van der Waals surface area contributed by atoms with Gasteiger partial charge in [0.25, 0.3) is 0 Å². The lowest BCUT2D eigenvalue weighted by atomic mass is 9.86. The van der Waals surface area contributed by atoms with Crippen molar-refractivity contribution in [2.24, 2.45) is 5.92 Å². The van der Waals surface area contributed by atoms with Crippen LogP contribution >= 0.6 is 11.8 Å². The van der Waals surface area contributed by atoms with Gasteiger partial charge in [0.15, 0.2) is 0 Å². The first-order chi connectivity index (χ1) is 14.5. The fourth-order valence-electron chi connectivity index (χ4n) is 2.86. The average molecular weight is 465 g/mol. The minimum Gasteiger partial charge on any atom is -0.492 e. The monoisotopic (exact) mass is 464 g/mol. The molecule has 2 N–H and O–H groups in total. The van der Waals surface area contributed by atoms with Crippen LogP contribution in [0.15, 0.2) is 52.3 Å². The van der Waals surface area contributed by atoms with Crippen LogP contribution in [0.2, 0.25) is 0 Å². The second-order valence-electron chi connectivity index (χ2n) is 8.50. The molecule has 2 rings (SSSR count). The van der Waals surface area contributed by atoms with E-state index in [1.807, 2.05) is 30.5 Å². The molecular weight excluding hydrogens is 432 g/mol. The second kappa shape index (κ2) is 10.5. The molecule has 0 aromatic heterocycles. The lowest BCUT2D eigenvalue weighted by Gasteiger charge is -2.22. The standard InChI is InChI=1S/C23H32N2O4S2/c1-16(2)22(26)25-19-15-17(11-12-21(19)30-6)31(27,28)24-13-14-29-20-10-8-7-9-18(20)23(3,4)5/h7-12,15-16,24H,13-14H2,1-6H3,(H,25,26). The summed E-state index contributed by atoms with van der Waals surface area (Å²) in [5, 5.41) is 2.81. The zero-order valence-electron chi connectivity index (χ0n) is 19.0. The predicted octanol–water partition coefficient (Wildman–Crippen LogP) is 4.66. The molecule has 6 nitrogen and oxygen atoms in total. The minimum atomic E-state index is -3.75. The molecule has 0 unspecified atom stereocenters. The zero-order chi connectivity index (χ0) is 23.2. The number of hydrogen-bond donors (Lipinski definition) is 2. The number of para-hydroxylation sites is 1. The van der Waals surface area contributed by atoms with Crippen LogP contribution in [0.1, 0.15) is 40.2 Å². The quantitative estimate of drug-likeness (QED) is 0.417. The van der Waals surface area contributed by atoms with Crippen LogP contribution in [0.25, 0.3) is 0 Å². The number of amides is 1. The molecule has 170 valence electrons. The number of thioether (sulfide) groups is 1. The highest BCUT2D eigenvalue weighted by molar-refractivity contribution is 7.98. The van der Waals surface area contributed by atoms with Crippen molar-refractivity contribution >= 4 is 33.4 Å². The van der Waals surface area contributed by atoms with Crippen LogP contribution in [0.5, 0.6) is 5.75 Å². The van der Waals surface area contributed by atoms with E-state index in [2.05, 4.69) is 30.8 Å². The van der Waals surface area contributed by atoms with Gasteiger partial charge in [-0.1, -0.05) is 52.8 Å². The molecule has 0 aliphatic heterocycles. The third kappa shape index (κ3) is 6.98. The summed E-state index contributed by atoms with van der Waals surface area (Å²) in [5.74, 6) is 0.377. The Morgan fingerprint density at radius 1 is 1.13 bits per heavy atom. The van der Waals surface area contributed by atoms with E-state index in [4.69, 9.17) is 4.74 Å². The molecule has 2 aromatic rings. The molecule has 0 saturated carbocycles. The van der Waals surface area contributed by atoms with Crippen molar-refractivity contribution in [3.05, 3.63) is 48.0 Å². The van der Waals surface area contributed by atoms with Crippen molar-refractivity contribution in [1.82, 2.24) is 4.72 Å². The number of ether oxygens (including phenoxy) is 1. The van der Waals surface area contributed by atoms with E-state index in [9.17, 15) is 13.2 Å². The summed E-state index contributed by atoms with van der Waals surface area (Å²) >= 11 is 1.44. The highest BCUT2D eigenvalue weighted by atomic mass is 32.2. The van der Waals surface area contributed by atoms with Gasteiger partial charge < -0.3 is 10.1 Å². The molecule has 2 aromatic carbocycles. The summed E-state index contributed by atoms with van der Waals surface area (Å²) in [4.78, 5) is 13.0. The summed E-state index contributed by atoms with van der Waals surface area (Å²) < 4.78 is 33.9. The van der Waals surface area contributed by atoms with Gasteiger partial charge in [-0.25, -0.2) is 13.1 Å². The number of hydrogen-bond acceptors (Lipinski definition) is 5. The number of carbonyl (C=O) groups excluding carboxylic acids is 1. The van der Waals surface area contributed by atoms with Gasteiger partial charge in [-0.3, -0.25) is 4.79 Å². The third-order valence-corrected chi connectivity index (χ3v) is 6.86. The average Bonchev–Trinajstić information content (AvgIpc) is 2.70. The second-order valence-corrected chi connectivity index (χ2v) is 11.1. The highest BCUT2D eigenvalue weighted by Gasteiger charge is 2.20. The molecule has 0 atom stereocenters. The van der Waals surface area contributed by atoms with Crippen molar-refractivity contribution in [2.45, 2.75) is 49.8 Å². The summed E-state index contributed by atoms with van der Waals surface area (Å²) in [6.45, 7) is 10.2. The number of rotatable bonds is 9. The van der Waals surface area contributed by atoms with E-state index >= 15 is 0 Å². The fourth-order valence-corrected chi connectivity index (χ4v) is 4.43. The molecule has 31 heavy (non-hydrogen) atoms. The third-order valence-electron chi connectivity index (χ3n) is 4.61. The van der Waals surface area contributed by atoms with Crippen molar-refractivity contribution in [1.29, 1.82) is 0 Å². The van der Waals surface area contributed by atoms with Gasteiger partial charge in [0, 0.05) is 17.4 Å². The maximum atomic E-state index is 12.8. The maximum Gasteiger partial charge on any atom is 0.240 e. The van der Waals surface area contributed by atoms with E-state index in [0.717, 1.165) is 16.2 Å². The van der Waals surface area contributed by atoms with Crippen molar-refractivity contribution < 1.29 is 17.9 Å². The number of nitrogens with one attached hydrogen (secondary N) is 2. The number of benzene rings is 2. The molecular formula is C23H32N2O4S2. The molecule has 0 aliphatic rings. The molecule has 0 spiro atoms. The normalized spacial score (nSPS) is 12.1. The van der Waals surface area contributed by atoms with Gasteiger partial charge in [0.2, 0.25) is 15.9 Å². The SMILES string of the molecule is CSc1ccc(S(=O)(=O)NCCOc2ccccc2C(C)(C)C)cc1NC(=O)C(C)C. The lowest BCUT2D eigenvalue weighted by molar-refractivity contribution is -0.118. The van der Waals surface area contributed by atoms with E-state index in [0.29, 0.717) is 5.69 Å². The zero-order valence-corrected chi connectivity index (χ0v) is 20.6. The molecule has 0 aliphatic carbocycles. The molecule has 0 radical (unpaired) electrons. The Kier molecular flexibility index (Phi) is 8.57. The van der Waals surface area contributed by atoms with Crippen LogP contribution in [-0.2, 0) is 20.2 Å². The molecule has 0 fully saturated rings. The molecule has 0 saturated heterocycles. The Balaban J connectivity index is 2.07. The van der Waals surface area contributed by atoms with E-state index in [1.54, 1.807) is 19.9 Å². The summed E-state index contributed by atoms with van der Waals surface area (Å²) in [7, 11) is -3.75. The Morgan fingerprint density at radius 3 is 2.42 bits per heavy atom. The van der Waals surface area contributed by atoms with Crippen LogP contribution in [0.3, 0.4) is 0 Å². The number of sulfonamides is 1. The summed E-state index contributed by atoms with van der Waals surface area (Å²) in [6.07, 6.45) is 1.87. The Labute approximate surface area is 190 Å². The number of anilines is 1. The van der Waals surface area contributed by atoms with Crippen LogP contribution in [0.4, 0.5) is 5.69 Å². The van der Waals surface area contributed by atoms with Gasteiger partial charge in [0.1, 0.15) is 12.4 Å². The summed E-state index contributed by atoms with van der Waals surface area (Å²) in [6, 6.07) is 12.5. The van der Waals surface area contributed by atoms with E-state index in [-0.39, 0.29) is 35.3 Å². The smallest absolute Gasteiger partial charge is 0.240 e. The Hall–Kier alpha value is -2.03. The van der Waals surface area contributed by atoms with Gasteiger partial charge in [-0.15, -0.1) is 11.8 Å². The first kappa shape index (κ1) is 25.2. The van der Waals surface area contributed by atoms with E-state index < -0.39 is 10.0 Å². The summed E-state index contributed by atoms with van der Waals surface area (Å²) in [5.41, 5.74) is 1.48. The Bertz CT molecular complexity index is 1010. The Morgan fingerprint density at radius 2 is 1.81 bits per heavy atom. The maximum absolute atomic E-state index is 12.8. The first-order valence-corrected chi connectivity index (χ1v) is 12.9. The largest absolute Gasteiger partial charge is 0.492 e. The topological polar surface area (TPSA) is 84.5 Å². The molecule has 1 amide bonds. The van der Waals surface area contributed by atoms with E-state index in [1.165, 1.54) is 23.9 Å². The highest BCUT2D eigenvalue weighted by Crippen LogP contribution is 2.31. The van der Waals surface area contributed by atoms with Crippen LogP contribution in [-0.4, -0.2) is 33.7 Å². The molecule has 0 heterocycles. The van der Waals surface area contributed by atoms with Gasteiger partial charge >= 0.3 is 0 Å². The van der Waals surface area contributed by atoms with Crippen molar-refractivity contribution in [2.75, 3.05) is 24.7 Å². The molecule has 0 bridgehead atoms. The molecule has 8 heteroatoms. The van der Waals surface area contributed by atoms with Crippen LogP contribution in [0, 0.1) is 5.92 Å². The van der Waals surface area contributed by atoms with Crippen molar-refractivity contribution in [3.8, 4) is 5.75 Å². The van der Waals surface area contributed by atoms with Crippen molar-refractivity contribution in [3.63, 3.8) is 0 Å². The van der Waals surface area contributed by atoms with Gasteiger partial charge in [0.05, 0.1) is 10.6 Å². The van der Waals surface area contributed by atoms with Gasteiger partial charge in [-0.2, -0.15) is 0 Å². The lowest BCUT2D eigenvalue weighted by Crippen LogP contribution is -2.29. The van der Waals surface area contributed by atoms with Gasteiger partial charge in [-0.05, 0) is 41.5 Å². The van der Waals surface area contributed by atoms with Crippen LogP contribution < -0.4 is 14.8 Å². The fraction of sp³-hybridized carbons (Fsp3) is 0.435. The predicted molar refractivity (Wildman–Crippen MR) is 128 cm³/mol. The minimum absolute atomic E-state index is 0.0774. The number of carbonyl (C=O) groups is 1.